The smallest absolute Gasteiger partial charge is 0.205 e. The van der Waals surface area contributed by atoms with E-state index < -0.39 is 10.8 Å². The van der Waals surface area contributed by atoms with Gasteiger partial charge in [-0.1, -0.05) is 0 Å². The molecular formula is C9H17N5O2S. The number of methoxy groups -OCH3 is 1. The first-order valence-electron chi connectivity index (χ1n) is 5.01. The maximum Gasteiger partial charge on any atom is 0.205 e. The molecule has 1 heterocycles. The summed E-state index contributed by atoms with van der Waals surface area (Å²) in [4.78, 5) is 7.97. The van der Waals surface area contributed by atoms with Crippen LogP contribution in [0.2, 0.25) is 0 Å². The minimum atomic E-state index is -0.887. The van der Waals surface area contributed by atoms with Crippen molar-refractivity contribution in [1.82, 2.24) is 9.97 Å². The lowest BCUT2D eigenvalue weighted by molar-refractivity contribution is 0.414. The van der Waals surface area contributed by atoms with Gasteiger partial charge in [-0.05, 0) is 6.92 Å². The Balaban J connectivity index is 2.80. The molecule has 7 nitrogen and oxygen atoms in total. The summed E-state index contributed by atoms with van der Waals surface area (Å²) in [6, 6.07) is 0. The fourth-order valence-corrected chi connectivity index (χ4v) is 1.47. The van der Waals surface area contributed by atoms with Crippen LogP contribution in [0.4, 0.5) is 11.6 Å². The number of nitrogen functional groups attached to an aromatic ring is 1. The monoisotopic (exact) mass is 259 g/mol. The van der Waals surface area contributed by atoms with Gasteiger partial charge in [0.05, 0.1) is 7.11 Å². The van der Waals surface area contributed by atoms with Crippen molar-refractivity contribution >= 4 is 22.4 Å². The van der Waals surface area contributed by atoms with Crippen molar-refractivity contribution in [3.8, 4) is 5.75 Å². The number of rotatable bonds is 6. The quantitative estimate of drug-likeness (QED) is 0.486. The van der Waals surface area contributed by atoms with Crippen molar-refractivity contribution < 1.29 is 8.95 Å². The summed E-state index contributed by atoms with van der Waals surface area (Å²) in [5.41, 5.74) is 2.42. The van der Waals surface area contributed by atoms with E-state index in [0.29, 0.717) is 23.9 Å². The van der Waals surface area contributed by atoms with Gasteiger partial charge in [0, 0.05) is 28.9 Å². The van der Waals surface area contributed by atoms with Crippen LogP contribution in [0.25, 0.3) is 0 Å². The zero-order chi connectivity index (χ0) is 12.8. The van der Waals surface area contributed by atoms with Gasteiger partial charge in [-0.25, -0.2) is 15.8 Å². The van der Waals surface area contributed by atoms with Crippen LogP contribution in [0.5, 0.6) is 5.75 Å². The van der Waals surface area contributed by atoms with Crippen LogP contribution in [-0.4, -0.2) is 39.3 Å². The number of hydrogen-bond acceptors (Lipinski definition) is 7. The highest BCUT2D eigenvalue weighted by Crippen LogP contribution is 2.27. The summed E-state index contributed by atoms with van der Waals surface area (Å²) in [5.74, 6) is 6.66. The first-order chi connectivity index (χ1) is 8.10. The van der Waals surface area contributed by atoms with Gasteiger partial charge in [0.25, 0.3) is 0 Å². The van der Waals surface area contributed by atoms with E-state index in [1.807, 2.05) is 6.92 Å². The van der Waals surface area contributed by atoms with Crippen molar-refractivity contribution in [3.63, 3.8) is 0 Å². The van der Waals surface area contributed by atoms with Crippen molar-refractivity contribution in [2.24, 2.45) is 5.84 Å². The molecular weight excluding hydrogens is 242 g/mol. The standard InChI is InChI=1S/C9H17N5O2S/c1-6(17(3)15)4-11-8-7(16-2)9(14-10)13-5-12-8/h5-6H,4,10H2,1-3H3,(H2,11,12,13,14). The second-order valence-electron chi connectivity index (χ2n) is 3.44. The van der Waals surface area contributed by atoms with Crippen LogP contribution in [0.1, 0.15) is 6.92 Å². The molecule has 17 heavy (non-hydrogen) atoms. The molecule has 0 bridgehead atoms. The van der Waals surface area contributed by atoms with Gasteiger partial charge in [-0.2, -0.15) is 0 Å². The molecule has 0 radical (unpaired) electrons. The highest BCUT2D eigenvalue weighted by molar-refractivity contribution is 7.84. The van der Waals surface area contributed by atoms with Gasteiger partial charge in [0.1, 0.15) is 6.33 Å². The zero-order valence-electron chi connectivity index (χ0n) is 10.1. The van der Waals surface area contributed by atoms with Crippen LogP contribution in [0, 0.1) is 0 Å². The number of nitrogens with zero attached hydrogens (tertiary/aromatic N) is 2. The fourth-order valence-electron chi connectivity index (χ4n) is 1.15. The van der Waals surface area contributed by atoms with E-state index in [2.05, 4.69) is 20.7 Å². The van der Waals surface area contributed by atoms with E-state index >= 15 is 0 Å². The second kappa shape index (κ2) is 6.36. The number of nitrogens with two attached hydrogens (primary N) is 1. The van der Waals surface area contributed by atoms with E-state index in [-0.39, 0.29) is 5.25 Å². The fraction of sp³-hybridized carbons (Fsp3) is 0.556. The van der Waals surface area contributed by atoms with E-state index in [0.717, 1.165) is 0 Å². The number of ether oxygens (including phenoxy) is 1. The number of anilines is 2. The molecule has 0 spiro atoms. The normalized spacial score (nSPS) is 13.9. The Morgan fingerprint density at radius 2 is 2.18 bits per heavy atom. The summed E-state index contributed by atoms with van der Waals surface area (Å²) in [6.07, 6.45) is 3.03. The van der Waals surface area contributed by atoms with Crippen LogP contribution in [0.15, 0.2) is 6.33 Å². The molecule has 1 aromatic heterocycles. The third-order valence-electron chi connectivity index (χ3n) is 2.27. The second-order valence-corrected chi connectivity index (χ2v) is 5.24. The topological polar surface area (TPSA) is 102 Å². The zero-order valence-corrected chi connectivity index (χ0v) is 10.9. The van der Waals surface area contributed by atoms with Crippen molar-refractivity contribution in [2.45, 2.75) is 12.2 Å². The Morgan fingerprint density at radius 1 is 1.53 bits per heavy atom. The molecule has 0 aliphatic carbocycles. The molecule has 2 atom stereocenters. The Hall–Kier alpha value is -1.41. The van der Waals surface area contributed by atoms with E-state index in [1.54, 1.807) is 6.26 Å². The highest BCUT2D eigenvalue weighted by atomic mass is 32.2. The maximum absolute atomic E-state index is 11.2. The first-order valence-corrected chi connectivity index (χ1v) is 6.64. The molecule has 2 unspecified atom stereocenters. The van der Waals surface area contributed by atoms with Crippen molar-refractivity contribution in [3.05, 3.63) is 6.33 Å². The Kier molecular flexibility index (Phi) is 5.11. The minimum absolute atomic E-state index is 0.0176. The molecule has 4 N–H and O–H groups in total. The molecule has 0 aliphatic heterocycles. The third kappa shape index (κ3) is 3.53. The molecule has 1 rings (SSSR count). The Bertz CT molecular complexity index is 401. The Morgan fingerprint density at radius 3 is 2.71 bits per heavy atom. The molecule has 0 saturated carbocycles. The molecule has 0 fully saturated rings. The Labute approximate surface area is 103 Å². The number of hydrazine groups is 1. The van der Waals surface area contributed by atoms with E-state index in [1.165, 1.54) is 13.4 Å². The average molecular weight is 259 g/mol. The lowest BCUT2D eigenvalue weighted by Gasteiger charge is -2.14. The summed E-state index contributed by atoms with van der Waals surface area (Å²) < 4.78 is 16.4. The van der Waals surface area contributed by atoms with Crippen molar-refractivity contribution in [2.75, 3.05) is 30.7 Å². The number of hydrogen-bond donors (Lipinski definition) is 3. The summed E-state index contributed by atoms with van der Waals surface area (Å²) >= 11 is 0. The molecule has 0 aliphatic rings. The third-order valence-corrected chi connectivity index (χ3v) is 3.57. The minimum Gasteiger partial charge on any atom is -0.490 e. The van der Waals surface area contributed by atoms with Crippen molar-refractivity contribution in [1.29, 1.82) is 0 Å². The summed E-state index contributed by atoms with van der Waals surface area (Å²) in [5, 5.41) is 3.07. The van der Waals surface area contributed by atoms with E-state index in [9.17, 15) is 4.21 Å². The largest absolute Gasteiger partial charge is 0.490 e. The maximum atomic E-state index is 11.2. The van der Waals surface area contributed by atoms with Gasteiger partial charge in [0.2, 0.25) is 5.75 Å². The molecule has 0 aromatic carbocycles. The predicted octanol–water partition coefficient (Wildman–Crippen LogP) is -0.0503. The molecule has 1 aromatic rings. The first kappa shape index (κ1) is 13.7. The lowest BCUT2D eigenvalue weighted by Crippen LogP contribution is -2.22. The highest BCUT2D eigenvalue weighted by Gasteiger charge is 2.13. The molecule has 0 amide bonds. The van der Waals surface area contributed by atoms with Crippen LogP contribution in [-0.2, 0) is 10.8 Å². The molecule has 0 saturated heterocycles. The summed E-state index contributed by atoms with van der Waals surface area (Å²) in [6.45, 7) is 2.42. The number of nitrogens with one attached hydrogen (secondary N) is 2. The van der Waals surface area contributed by atoms with Crippen LogP contribution >= 0.6 is 0 Å². The average Bonchev–Trinajstić information content (AvgIpc) is 2.34. The molecule has 8 heteroatoms. The van der Waals surface area contributed by atoms with E-state index in [4.69, 9.17) is 10.6 Å². The SMILES string of the molecule is COc1c(NN)ncnc1NCC(C)S(C)=O. The van der Waals surface area contributed by atoms with Crippen LogP contribution in [0.3, 0.4) is 0 Å². The van der Waals surface area contributed by atoms with Gasteiger partial charge in [-0.3, -0.25) is 4.21 Å². The van der Waals surface area contributed by atoms with Crippen LogP contribution < -0.4 is 21.3 Å². The summed E-state index contributed by atoms with van der Waals surface area (Å²) in [7, 11) is 0.619. The predicted molar refractivity (Wildman–Crippen MR) is 68.4 cm³/mol. The molecule has 96 valence electrons. The lowest BCUT2D eigenvalue weighted by atomic mass is 10.4. The number of aromatic nitrogens is 2. The van der Waals surface area contributed by atoms with Gasteiger partial charge in [0.15, 0.2) is 11.6 Å². The van der Waals surface area contributed by atoms with Gasteiger partial charge >= 0.3 is 0 Å². The van der Waals surface area contributed by atoms with Gasteiger partial charge in [-0.15, -0.1) is 0 Å². The van der Waals surface area contributed by atoms with Gasteiger partial charge < -0.3 is 15.5 Å².